The van der Waals surface area contributed by atoms with Crippen molar-refractivity contribution in [3.8, 4) is 0 Å². The van der Waals surface area contributed by atoms with Gasteiger partial charge in [-0.25, -0.2) is 4.98 Å². The Morgan fingerprint density at radius 1 is 1.45 bits per heavy atom. The smallest absolute Gasteiger partial charge is 0.133 e. The summed E-state index contributed by atoms with van der Waals surface area (Å²) < 4.78 is 5.51. The Morgan fingerprint density at radius 3 is 2.95 bits per heavy atom. The Labute approximate surface area is 122 Å². The van der Waals surface area contributed by atoms with Gasteiger partial charge in [-0.05, 0) is 39.7 Å². The van der Waals surface area contributed by atoms with Crippen molar-refractivity contribution in [3.05, 3.63) is 23.9 Å². The van der Waals surface area contributed by atoms with E-state index >= 15 is 0 Å². The van der Waals surface area contributed by atoms with Gasteiger partial charge in [-0.2, -0.15) is 0 Å². The molecule has 1 unspecified atom stereocenters. The molecule has 0 amide bonds. The first-order valence-electron chi connectivity index (χ1n) is 7.46. The lowest BCUT2D eigenvalue weighted by molar-refractivity contribution is 0.0891. The molecule has 0 aliphatic carbocycles. The van der Waals surface area contributed by atoms with Gasteiger partial charge in [0.15, 0.2) is 0 Å². The van der Waals surface area contributed by atoms with Gasteiger partial charge < -0.3 is 15.0 Å². The Balaban J connectivity index is 2.10. The molecule has 2 rings (SSSR count). The van der Waals surface area contributed by atoms with Crippen LogP contribution in [0.4, 0.5) is 5.82 Å². The summed E-state index contributed by atoms with van der Waals surface area (Å²) in [5.74, 6) is 1.10. The van der Waals surface area contributed by atoms with E-state index in [1.54, 1.807) is 7.11 Å². The summed E-state index contributed by atoms with van der Waals surface area (Å²) in [6.07, 6.45) is 4.53. The van der Waals surface area contributed by atoms with Gasteiger partial charge in [0, 0.05) is 44.0 Å². The molecule has 0 aromatic carbocycles. The number of rotatable bonds is 4. The molecule has 4 heteroatoms. The predicted molar refractivity (Wildman–Crippen MR) is 83.1 cm³/mol. The highest BCUT2D eigenvalue weighted by Gasteiger charge is 2.22. The maximum atomic E-state index is 5.51. The summed E-state index contributed by atoms with van der Waals surface area (Å²) in [6, 6.07) is 4.18. The monoisotopic (exact) mass is 277 g/mol. The zero-order valence-corrected chi connectivity index (χ0v) is 13.1. The number of piperidine rings is 1. The topological polar surface area (TPSA) is 37.4 Å². The van der Waals surface area contributed by atoms with E-state index in [1.807, 2.05) is 12.3 Å². The third-order valence-electron chi connectivity index (χ3n) is 3.69. The number of aromatic nitrogens is 1. The van der Waals surface area contributed by atoms with E-state index in [0.29, 0.717) is 6.10 Å². The Kier molecular flexibility index (Phi) is 5.00. The van der Waals surface area contributed by atoms with Crippen LogP contribution in [0.25, 0.3) is 0 Å². The molecule has 4 nitrogen and oxygen atoms in total. The van der Waals surface area contributed by atoms with E-state index in [2.05, 4.69) is 42.0 Å². The summed E-state index contributed by atoms with van der Waals surface area (Å²) >= 11 is 0. The van der Waals surface area contributed by atoms with Gasteiger partial charge in [-0.15, -0.1) is 0 Å². The van der Waals surface area contributed by atoms with E-state index < -0.39 is 0 Å². The third-order valence-corrected chi connectivity index (χ3v) is 3.69. The zero-order chi connectivity index (χ0) is 14.6. The number of methoxy groups -OCH3 is 1. The molecular formula is C16H27N3O. The Morgan fingerprint density at radius 2 is 2.25 bits per heavy atom. The van der Waals surface area contributed by atoms with Crippen LogP contribution in [-0.4, -0.2) is 36.8 Å². The fourth-order valence-electron chi connectivity index (χ4n) is 2.54. The molecule has 1 aromatic heterocycles. The Bertz CT molecular complexity index is 428. The summed E-state index contributed by atoms with van der Waals surface area (Å²) in [7, 11) is 1.80. The standard InChI is InChI=1S/C16H27N3O/c1-16(2,3)18-11-13-7-5-9-17-15(13)19-10-6-8-14(12-19)20-4/h5,7,9,14,18H,6,8,10-12H2,1-4H3. The molecule has 0 saturated carbocycles. The second-order valence-corrected chi connectivity index (χ2v) is 6.54. The van der Waals surface area contributed by atoms with Crippen LogP contribution in [0.15, 0.2) is 18.3 Å². The minimum absolute atomic E-state index is 0.115. The lowest BCUT2D eigenvalue weighted by Crippen LogP contribution is -2.41. The lowest BCUT2D eigenvalue weighted by atomic mass is 10.1. The summed E-state index contributed by atoms with van der Waals surface area (Å²) in [5, 5.41) is 3.54. The number of pyridine rings is 1. The highest BCUT2D eigenvalue weighted by molar-refractivity contribution is 5.47. The van der Waals surface area contributed by atoms with E-state index in [1.165, 1.54) is 12.0 Å². The van der Waals surface area contributed by atoms with Crippen LogP contribution < -0.4 is 10.2 Å². The maximum absolute atomic E-state index is 5.51. The number of hydrogen-bond donors (Lipinski definition) is 1. The van der Waals surface area contributed by atoms with Crippen molar-refractivity contribution in [2.75, 3.05) is 25.1 Å². The van der Waals surface area contributed by atoms with Gasteiger partial charge in [0.1, 0.15) is 5.82 Å². The minimum Gasteiger partial charge on any atom is -0.380 e. The molecular weight excluding hydrogens is 250 g/mol. The van der Waals surface area contributed by atoms with Crippen LogP contribution in [-0.2, 0) is 11.3 Å². The van der Waals surface area contributed by atoms with Crippen molar-refractivity contribution in [2.45, 2.75) is 51.8 Å². The van der Waals surface area contributed by atoms with Gasteiger partial charge in [-0.3, -0.25) is 0 Å². The molecule has 1 fully saturated rings. The van der Waals surface area contributed by atoms with Crippen LogP contribution in [0.1, 0.15) is 39.2 Å². The van der Waals surface area contributed by atoms with Gasteiger partial charge in [-0.1, -0.05) is 6.07 Å². The summed E-state index contributed by atoms with van der Waals surface area (Å²) in [4.78, 5) is 6.96. The molecule has 1 aliphatic heterocycles. The first kappa shape index (κ1) is 15.3. The van der Waals surface area contributed by atoms with E-state index in [9.17, 15) is 0 Å². The molecule has 0 spiro atoms. The second kappa shape index (κ2) is 6.55. The Hall–Kier alpha value is -1.13. The minimum atomic E-state index is 0.115. The number of hydrogen-bond acceptors (Lipinski definition) is 4. The lowest BCUT2D eigenvalue weighted by Gasteiger charge is -2.34. The van der Waals surface area contributed by atoms with E-state index in [0.717, 1.165) is 31.9 Å². The quantitative estimate of drug-likeness (QED) is 0.918. The normalized spacial score (nSPS) is 20.2. The maximum Gasteiger partial charge on any atom is 0.133 e. The molecule has 1 atom stereocenters. The molecule has 1 N–H and O–H groups in total. The van der Waals surface area contributed by atoms with Gasteiger partial charge in [0.05, 0.1) is 6.10 Å². The molecule has 1 aliphatic rings. The van der Waals surface area contributed by atoms with Gasteiger partial charge >= 0.3 is 0 Å². The van der Waals surface area contributed by atoms with Crippen molar-refractivity contribution < 1.29 is 4.74 Å². The van der Waals surface area contributed by atoms with E-state index in [4.69, 9.17) is 4.74 Å². The van der Waals surface area contributed by atoms with Crippen molar-refractivity contribution >= 4 is 5.82 Å². The fourth-order valence-corrected chi connectivity index (χ4v) is 2.54. The SMILES string of the molecule is COC1CCCN(c2ncccc2CNC(C)(C)C)C1. The summed E-state index contributed by atoms with van der Waals surface area (Å²) in [5.41, 5.74) is 1.38. The van der Waals surface area contributed by atoms with Gasteiger partial charge in [0.2, 0.25) is 0 Å². The van der Waals surface area contributed by atoms with E-state index in [-0.39, 0.29) is 5.54 Å². The van der Waals surface area contributed by atoms with Crippen molar-refractivity contribution in [1.29, 1.82) is 0 Å². The zero-order valence-electron chi connectivity index (χ0n) is 13.1. The highest BCUT2D eigenvalue weighted by atomic mass is 16.5. The first-order valence-corrected chi connectivity index (χ1v) is 7.46. The van der Waals surface area contributed by atoms with Crippen LogP contribution in [0.2, 0.25) is 0 Å². The van der Waals surface area contributed by atoms with Crippen LogP contribution >= 0.6 is 0 Å². The molecule has 1 saturated heterocycles. The highest BCUT2D eigenvalue weighted by Crippen LogP contribution is 2.23. The molecule has 1 aromatic rings. The van der Waals surface area contributed by atoms with Crippen LogP contribution in [0, 0.1) is 0 Å². The predicted octanol–water partition coefficient (Wildman–Crippen LogP) is 2.58. The van der Waals surface area contributed by atoms with Crippen molar-refractivity contribution in [1.82, 2.24) is 10.3 Å². The average Bonchev–Trinajstić information content (AvgIpc) is 2.45. The molecule has 112 valence electrons. The summed E-state index contributed by atoms with van der Waals surface area (Å²) in [6.45, 7) is 9.41. The fraction of sp³-hybridized carbons (Fsp3) is 0.688. The number of anilines is 1. The van der Waals surface area contributed by atoms with Crippen LogP contribution in [0.5, 0.6) is 0 Å². The molecule has 20 heavy (non-hydrogen) atoms. The molecule has 2 heterocycles. The number of nitrogens with zero attached hydrogens (tertiary/aromatic N) is 2. The molecule has 0 bridgehead atoms. The third kappa shape index (κ3) is 4.18. The second-order valence-electron chi connectivity index (χ2n) is 6.54. The van der Waals surface area contributed by atoms with Crippen molar-refractivity contribution in [2.24, 2.45) is 0 Å². The first-order chi connectivity index (χ1) is 9.49. The average molecular weight is 277 g/mol. The molecule has 0 radical (unpaired) electrons. The van der Waals surface area contributed by atoms with Crippen LogP contribution in [0.3, 0.4) is 0 Å². The van der Waals surface area contributed by atoms with Gasteiger partial charge in [0.25, 0.3) is 0 Å². The number of ether oxygens (including phenoxy) is 1. The van der Waals surface area contributed by atoms with Crippen molar-refractivity contribution in [3.63, 3.8) is 0 Å². The largest absolute Gasteiger partial charge is 0.380 e. The number of nitrogens with one attached hydrogen (secondary N) is 1.